The van der Waals surface area contributed by atoms with Crippen LogP contribution < -0.4 is 4.74 Å². The van der Waals surface area contributed by atoms with Gasteiger partial charge in [0.2, 0.25) is 0 Å². The van der Waals surface area contributed by atoms with Gasteiger partial charge in [-0.2, -0.15) is 0 Å². The van der Waals surface area contributed by atoms with Crippen LogP contribution in [0.25, 0.3) is 11.6 Å². The molecule has 0 saturated heterocycles. The maximum atomic E-state index is 11.8. The normalized spacial score (nSPS) is 15.4. The van der Waals surface area contributed by atoms with E-state index < -0.39 is 5.97 Å². The first-order valence-corrected chi connectivity index (χ1v) is 5.70. The van der Waals surface area contributed by atoms with Crippen LogP contribution in [0.15, 0.2) is 42.5 Å². The van der Waals surface area contributed by atoms with Crippen LogP contribution in [0.4, 0.5) is 0 Å². The summed E-state index contributed by atoms with van der Waals surface area (Å²) in [7, 11) is 0. The topological polar surface area (TPSA) is 66.8 Å². The van der Waals surface area contributed by atoms with E-state index in [-0.39, 0.29) is 11.5 Å². The summed E-state index contributed by atoms with van der Waals surface area (Å²) in [5.41, 5.74) is 1.59. The van der Waals surface area contributed by atoms with Gasteiger partial charge in [0.1, 0.15) is 17.2 Å². The van der Waals surface area contributed by atoms with Gasteiger partial charge in [-0.3, -0.25) is 0 Å². The molecule has 19 heavy (non-hydrogen) atoms. The zero-order valence-electron chi connectivity index (χ0n) is 9.83. The summed E-state index contributed by atoms with van der Waals surface area (Å²) in [5.74, 6) is 0.147. The molecule has 1 heterocycles. The third-order valence-electron chi connectivity index (χ3n) is 2.86. The van der Waals surface area contributed by atoms with Gasteiger partial charge in [0.15, 0.2) is 0 Å². The van der Waals surface area contributed by atoms with E-state index in [1.807, 2.05) is 0 Å². The summed E-state index contributed by atoms with van der Waals surface area (Å²) >= 11 is 0. The monoisotopic (exact) mass is 254 g/mol. The number of carbonyl (C=O) groups is 1. The standard InChI is InChI=1S/C15H10O4/c16-10-3-1-2-9(6-10)7-13-12-8-11(17)4-5-14(12)19-15(13)18/h1-8,16-17H/b13-7+. The van der Waals surface area contributed by atoms with Gasteiger partial charge in [0.25, 0.3) is 0 Å². The summed E-state index contributed by atoms with van der Waals surface area (Å²) in [6.45, 7) is 0. The van der Waals surface area contributed by atoms with Crippen molar-refractivity contribution in [2.24, 2.45) is 0 Å². The molecule has 0 atom stereocenters. The van der Waals surface area contributed by atoms with E-state index in [1.165, 1.54) is 12.1 Å². The number of benzene rings is 2. The Labute approximate surface area is 109 Å². The fourth-order valence-electron chi connectivity index (χ4n) is 2.00. The fourth-order valence-corrected chi connectivity index (χ4v) is 2.00. The third-order valence-corrected chi connectivity index (χ3v) is 2.86. The second-order valence-electron chi connectivity index (χ2n) is 4.22. The molecule has 1 aliphatic rings. The van der Waals surface area contributed by atoms with Crippen molar-refractivity contribution in [1.82, 2.24) is 0 Å². The van der Waals surface area contributed by atoms with Crippen molar-refractivity contribution in [1.29, 1.82) is 0 Å². The molecule has 0 radical (unpaired) electrons. The molecular weight excluding hydrogens is 244 g/mol. The number of ether oxygens (including phenoxy) is 1. The Morgan fingerprint density at radius 1 is 1.00 bits per heavy atom. The van der Waals surface area contributed by atoms with Gasteiger partial charge in [-0.15, -0.1) is 0 Å². The Hall–Kier alpha value is -2.75. The Bertz CT molecular complexity index is 701. The fraction of sp³-hybridized carbons (Fsp3) is 0. The zero-order valence-corrected chi connectivity index (χ0v) is 9.83. The summed E-state index contributed by atoms with van der Waals surface area (Å²) < 4.78 is 5.10. The van der Waals surface area contributed by atoms with E-state index in [9.17, 15) is 15.0 Å². The summed E-state index contributed by atoms with van der Waals surface area (Å²) in [6, 6.07) is 11.0. The van der Waals surface area contributed by atoms with Crippen LogP contribution in [0.5, 0.6) is 17.2 Å². The lowest BCUT2D eigenvalue weighted by atomic mass is 10.0. The first kappa shape index (κ1) is 11.3. The summed E-state index contributed by atoms with van der Waals surface area (Å²) in [5, 5.41) is 18.9. The average Bonchev–Trinajstić information content (AvgIpc) is 2.66. The molecule has 2 aromatic carbocycles. The second-order valence-corrected chi connectivity index (χ2v) is 4.22. The van der Waals surface area contributed by atoms with Crippen LogP contribution in [0.2, 0.25) is 0 Å². The first-order chi connectivity index (χ1) is 9.13. The molecule has 0 saturated carbocycles. The van der Waals surface area contributed by atoms with Crippen molar-refractivity contribution in [2.45, 2.75) is 0 Å². The second kappa shape index (κ2) is 4.17. The molecule has 4 heteroatoms. The van der Waals surface area contributed by atoms with E-state index in [0.717, 1.165) is 0 Å². The Morgan fingerprint density at radius 3 is 2.58 bits per heavy atom. The quantitative estimate of drug-likeness (QED) is 0.466. The first-order valence-electron chi connectivity index (χ1n) is 5.70. The van der Waals surface area contributed by atoms with Crippen molar-refractivity contribution < 1.29 is 19.7 Å². The predicted octanol–water partition coefficient (Wildman–Crippen LogP) is 2.56. The highest BCUT2D eigenvalue weighted by Crippen LogP contribution is 2.37. The van der Waals surface area contributed by atoms with Crippen LogP contribution in [0.1, 0.15) is 11.1 Å². The maximum Gasteiger partial charge on any atom is 0.344 e. The summed E-state index contributed by atoms with van der Waals surface area (Å²) in [6.07, 6.45) is 1.62. The minimum atomic E-state index is -0.469. The Kier molecular flexibility index (Phi) is 2.49. The van der Waals surface area contributed by atoms with Gasteiger partial charge in [-0.05, 0) is 42.0 Å². The van der Waals surface area contributed by atoms with Crippen LogP contribution in [-0.2, 0) is 4.79 Å². The molecular formula is C15H10O4. The van der Waals surface area contributed by atoms with Crippen LogP contribution >= 0.6 is 0 Å². The number of esters is 1. The number of aromatic hydroxyl groups is 2. The van der Waals surface area contributed by atoms with Gasteiger partial charge < -0.3 is 14.9 Å². The predicted molar refractivity (Wildman–Crippen MR) is 69.7 cm³/mol. The van der Waals surface area contributed by atoms with Gasteiger partial charge in [0, 0.05) is 5.56 Å². The highest BCUT2D eigenvalue weighted by molar-refractivity contribution is 6.26. The number of fused-ring (bicyclic) bond motifs is 1. The minimum Gasteiger partial charge on any atom is -0.508 e. The van der Waals surface area contributed by atoms with Crippen LogP contribution in [0.3, 0.4) is 0 Å². The van der Waals surface area contributed by atoms with Crippen molar-refractivity contribution in [3.05, 3.63) is 53.6 Å². The molecule has 0 spiro atoms. The van der Waals surface area contributed by atoms with Crippen LogP contribution in [0, 0.1) is 0 Å². The van der Waals surface area contributed by atoms with Gasteiger partial charge >= 0.3 is 5.97 Å². The highest BCUT2D eigenvalue weighted by atomic mass is 16.5. The largest absolute Gasteiger partial charge is 0.508 e. The molecule has 0 amide bonds. The van der Waals surface area contributed by atoms with Gasteiger partial charge in [-0.1, -0.05) is 12.1 Å². The van der Waals surface area contributed by atoms with Crippen molar-refractivity contribution in [2.75, 3.05) is 0 Å². The molecule has 94 valence electrons. The molecule has 0 aromatic heterocycles. The SMILES string of the molecule is O=C1Oc2ccc(O)cc2/C1=C\c1cccc(O)c1. The van der Waals surface area contributed by atoms with E-state index >= 15 is 0 Å². The maximum absolute atomic E-state index is 11.8. The number of phenolic OH excluding ortho intramolecular Hbond substituents is 2. The number of rotatable bonds is 1. The Morgan fingerprint density at radius 2 is 1.79 bits per heavy atom. The molecule has 0 unspecified atom stereocenters. The van der Waals surface area contributed by atoms with E-state index in [2.05, 4.69) is 0 Å². The molecule has 2 aromatic rings. The van der Waals surface area contributed by atoms with Crippen molar-refractivity contribution >= 4 is 17.6 Å². The number of carbonyl (C=O) groups excluding carboxylic acids is 1. The lowest BCUT2D eigenvalue weighted by molar-refractivity contribution is -0.126. The van der Waals surface area contributed by atoms with Gasteiger partial charge in [-0.25, -0.2) is 4.79 Å². The van der Waals surface area contributed by atoms with E-state index in [1.54, 1.807) is 36.4 Å². The molecule has 0 fully saturated rings. The molecule has 0 bridgehead atoms. The molecule has 4 nitrogen and oxygen atoms in total. The molecule has 3 rings (SSSR count). The van der Waals surface area contributed by atoms with E-state index in [0.29, 0.717) is 22.4 Å². The lowest BCUT2D eigenvalue weighted by Crippen LogP contribution is -2.00. The smallest absolute Gasteiger partial charge is 0.344 e. The Balaban J connectivity index is 2.11. The summed E-state index contributed by atoms with van der Waals surface area (Å²) in [4.78, 5) is 11.8. The van der Waals surface area contributed by atoms with Crippen molar-refractivity contribution in [3.63, 3.8) is 0 Å². The highest BCUT2D eigenvalue weighted by Gasteiger charge is 2.27. The number of phenols is 2. The minimum absolute atomic E-state index is 0.0684. The molecule has 0 aliphatic carbocycles. The van der Waals surface area contributed by atoms with E-state index in [4.69, 9.17) is 4.74 Å². The number of hydrogen-bond donors (Lipinski definition) is 2. The van der Waals surface area contributed by atoms with Crippen molar-refractivity contribution in [3.8, 4) is 17.2 Å². The average molecular weight is 254 g/mol. The lowest BCUT2D eigenvalue weighted by Gasteiger charge is -1.98. The van der Waals surface area contributed by atoms with Crippen LogP contribution in [-0.4, -0.2) is 16.2 Å². The third kappa shape index (κ3) is 2.04. The zero-order chi connectivity index (χ0) is 13.4. The van der Waals surface area contributed by atoms with Gasteiger partial charge in [0.05, 0.1) is 5.57 Å². The molecule has 2 N–H and O–H groups in total. The number of hydrogen-bond acceptors (Lipinski definition) is 4. The molecule has 1 aliphatic heterocycles.